The maximum Gasteiger partial charge on any atom is 0.327 e. The van der Waals surface area contributed by atoms with E-state index in [9.17, 15) is 29.4 Å². The fourth-order valence-electron chi connectivity index (χ4n) is 4.18. The minimum atomic E-state index is -1.24. The van der Waals surface area contributed by atoms with Crippen molar-refractivity contribution in [2.45, 2.75) is 74.2 Å². The molecular weight excluding hydrogens is 552 g/mol. The van der Waals surface area contributed by atoms with E-state index in [4.69, 9.17) is 5.73 Å². The number of carboxylic acids is 1. The van der Waals surface area contributed by atoms with Crippen molar-refractivity contribution in [1.29, 1.82) is 0 Å². The summed E-state index contributed by atoms with van der Waals surface area (Å²) in [6.45, 7) is 6.96. The Morgan fingerprint density at radius 1 is 0.925 bits per heavy atom. The summed E-state index contributed by atoms with van der Waals surface area (Å²) in [6.07, 6.45) is 0.294. The quantitative estimate of drug-likeness (QED) is 0.265. The van der Waals surface area contributed by atoms with Gasteiger partial charge in [-0.05, 0) is 57.4 Å². The van der Waals surface area contributed by atoms with Crippen LogP contribution in [-0.2, 0) is 32.0 Å². The van der Waals surface area contributed by atoms with Gasteiger partial charge in [0.1, 0.15) is 23.9 Å². The van der Waals surface area contributed by atoms with Gasteiger partial charge in [0.25, 0.3) is 0 Å². The van der Waals surface area contributed by atoms with Gasteiger partial charge >= 0.3 is 5.97 Å². The van der Waals surface area contributed by atoms with Crippen LogP contribution in [0, 0.1) is 0 Å². The lowest BCUT2D eigenvalue weighted by Crippen LogP contribution is -2.62. The summed E-state index contributed by atoms with van der Waals surface area (Å²) in [5.41, 5.74) is 7.69. The number of benzene rings is 2. The molecule has 1 aliphatic heterocycles. The number of rotatable bonds is 7. The molecule has 1 heterocycles. The normalized spacial score (nSPS) is 23.6. The highest BCUT2D eigenvalue weighted by Crippen LogP contribution is 2.46. The van der Waals surface area contributed by atoms with E-state index in [1.165, 1.54) is 33.7 Å². The molecular formula is C28H36N4O6S2. The van der Waals surface area contributed by atoms with E-state index in [0.717, 1.165) is 11.1 Å². The molecule has 1 unspecified atom stereocenters. The summed E-state index contributed by atoms with van der Waals surface area (Å²) in [7, 11) is 2.47. The van der Waals surface area contributed by atoms with Crippen molar-refractivity contribution < 1.29 is 29.4 Å². The number of nitrogens with one attached hydrogen (secondary N) is 3. The highest BCUT2D eigenvalue weighted by molar-refractivity contribution is 8.77. The molecule has 0 aliphatic carbocycles. The predicted octanol–water partition coefficient (Wildman–Crippen LogP) is 2.00. The maximum absolute atomic E-state index is 13.7. The lowest BCUT2D eigenvalue weighted by molar-refractivity contribution is -0.143. The van der Waals surface area contributed by atoms with E-state index in [-0.39, 0.29) is 18.6 Å². The van der Waals surface area contributed by atoms with E-state index in [1.54, 1.807) is 64.1 Å². The topological polar surface area (TPSA) is 171 Å². The van der Waals surface area contributed by atoms with Gasteiger partial charge < -0.3 is 31.9 Å². The number of hydrogen-bond acceptors (Lipinski definition) is 8. The summed E-state index contributed by atoms with van der Waals surface area (Å²) in [4.78, 5) is 52.5. The number of hydrogen-bond donors (Lipinski definition) is 6. The molecule has 216 valence electrons. The molecule has 2 aromatic rings. The second-order valence-electron chi connectivity index (χ2n) is 10.8. The van der Waals surface area contributed by atoms with Gasteiger partial charge in [-0.1, -0.05) is 64.1 Å². The Bertz CT molecular complexity index is 1220. The molecule has 0 bridgehead atoms. The van der Waals surface area contributed by atoms with E-state index in [1.807, 2.05) is 6.07 Å². The Morgan fingerprint density at radius 3 is 2.12 bits per heavy atom. The number of amides is 3. The van der Waals surface area contributed by atoms with Gasteiger partial charge in [0, 0.05) is 11.2 Å². The standard InChI is InChI=1S/C28H36N4O6S2/c1-27(2)21(31-23(34)19(29)14-17-10-12-18(33)13-11-17)25(36)30-20(15-16-8-6-5-7-9-16)24(35)32-22(26(37)38)28(3,4)40-39-27/h5-13,19-22,33H,14-15,29H2,1-4H3,(H,30,36)(H,31,34)(H,32,35)(H,37,38)/t19-,20?,21-,22+/m0/s1. The second-order valence-corrected chi connectivity index (χ2v) is 14.3. The van der Waals surface area contributed by atoms with Crippen LogP contribution >= 0.6 is 21.6 Å². The Balaban J connectivity index is 1.92. The molecule has 3 amide bonds. The first kappa shape index (κ1) is 31.3. The van der Waals surface area contributed by atoms with Crippen LogP contribution in [0.2, 0.25) is 0 Å². The molecule has 2 aromatic carbocycles. The number of aliphatic carboxylic acids is 1. The van der Waals surface area contributed by atoms with Crippen molar-refractivity contribution in [3.8, 4) is 5.75 Å². The molecule has 1 fully saturated rings. The Labute approximate surface area is 241 Å². The first-order valence-corrected chi connectivity index (χ1v) is 14.9. The zero-order chi connectivity index (χ0) is 29.7. The zero-order valence-corrected chi connectivity index (χ0v) is 24.5. The van der Waals surface area contributed by atoms with Crippen molar-refractivity contribution >= 4 is 45.3 Å². The number of nitrogens with two attached hydrogens (primary N) is 1. The molecule has 0 aromatic heterocycles. The summed E-state index contributed by atoms with van der Waals surface area (Å²) in [6, 6.07) is 10.9. The number of phenols is 1. The largest absolute Gasteiger partial charge is 0.508 e. The minimum Gasteiger partial charge on any atom is -0.508 e. The average molecular weight is 589 g/mol. The summed E-state index contributed by atoms with van der Waals surface area (Å²) >= 11 is 0. The third kappa shape index (κ3) is 8.15. The first-order chi connectivity index (χ1) is 18.7. The van der Waals surface area contributed by atoms with Crippen molar-refractivity contribution in [3.63, 3.8) is 0 Å². The first-order valence-electron chi connectivity index (χ1n) is 12.8. The molecule has 10 nitrogen and oxygen atoms in total. The second kappa shape index (κ2) is 13.0. The van der Waals surface area contributed by atoms with Crippen molar-refractivity contribution in [3.05, 3.63) is 65.7 Å². The van der Waals surface area contributed by atoms with Crippen LogP contribution in [0.3, 0.4) is 0 Å². The number of carboxylic acid groups (broad SMARTS) is 1. The number of aromatic hydroxyl groups is 1. The predicted molar refractivity (Wildman–Crippen MR) is 157 cm³/mol. The molecule has 0 radical (unpaired) electrons. The summed E-state index contributed by atoms with van der Waals surface area (Å²) < 4.78 is -1.91. The Kier molecular flexibility index (Phi) is 10.1. The molecule has 1 saturated heterocycles. The summed E-state index contributed by atoms with van der Waals surface area (Å²) in [5, 5.41) is 27.6. The van der Waals surface area contributed by atoms with Gasteiger partial charge in [0.05, 0.1) is 10.8 Å². The fraction of sp³-hybridized carbons (Fsp3) is 0.429. The van der Waals surface area contributed by atoms with E-state index < -0.39 is 57.4 Å². The van der Waals surface area contributed by atoms with Crippen molar-refractivity contribution in [2.75, 3.05) is 0 Å². The average Bonchev–Trinajstić information content (AvgIpc) is 2.90. The van der Waals surface area contributed by atoms with Gasteiger partial charge in [0.2, 0.25) is 17.7 Å². The smallest absolute Gasteiger partial charge is 0.327 e. The third-order valence-corrected chi connectivity index (χ3v) is 10.8. The van der Waals surface area contributed by atoms with Gasteiger partial charge in [-0.2, -0.15) is 0 Å². The van der Waals surface area contributed by atoms with Crippen LogP contribution in [0.5, 0.6) is 5.75 Å². The fourth-order valence-corrected chi connectivity index (χ4v) is 7.00. The van der Waals surface area contributed by atoms with Gasteiger partial charge in [-0.15, -0.1) is 0 Å². The molecule has 1 aliphatic rings. The van der Waals surface area contributed by atoms with E-state index in [0.29, 0.717) is 0 Å². The molecule has 4 atom stereocenters. The lowest BCUT2D eigenvalue weighted by atomic mass is 9.98. The van der Waals surface area contributed by atoms with Crippen LogP contribution in [0.25, 0.3) is 0 Å². The number of carbonyl (C=O) groups excluding carboxylic acids is 3. The molecule has 3 rings (SSSR count). The molecule has 0 saturated carbocycles. The number of carbonyl (C=O) groups is 4. The van der Waals surface area contributed by atoms with Crippen LogP contribution < -0.4 is 21.7 Å². The van der Waals surface area contributed by atoms with Crippen molar-refractivity contribution in [2.24, 2.45) is 5.73 Å². The van der Waals surface area contributed by atoms with Crippen LogP contribution in [0.15, 0.2) is 54.6 Å². The lowest BCUT2D eigenvalue weighted by Gasteiger charge is -2.36. The Morgan fingerprint density at radius 2 is 1.52 bits per heavy atom. The van der Waals surface area contributed by atoms with Gasteiger partial charge in [0.15, 0.2) is 0 Å². The SMILES string of the molecule is CC1(C)SSC(C)(C)[C@@H](NC(=O)[C@@H](N)Cc2ccc(O)cc2)C(=O)NC(Cc2ccccc2)C(=O)N[C@@H]1C(=O)O. The van der Waals surface area contributed by atoms with E-state index >= 15 is 0 Å². The molecule has 40 heavy (non-hydrogen) atoms. The van der Waals surface area contributed by atoms with Gasteiger partial charge in [-0.3, -0.25) is 14.4 Å². The summed E-state index contributed by atoms with van der Waals surface area (Å²) in [5.74, 6) is -2.90. The van der Waals surface area contributed by atoms with Gasteiger partial charge in [-0.25, -0.2) is 4.79 Å². The zero-order valence-electron chi connectivity index (χ0n) is 22.8. The van der Waals surface area contributed by atoms with Crippen molar-refractivity contribution in [1.82, 2.24) is 16.0 Å². The highest BCUT2D eigenvalue weighted by atomic mass is 33.1. The van der Waals surface area contributed by atoms with Crippen LogP contribution in [-0.4, -0.2) is 67.6 Å². The highest BCUT2D eigenvalue weighted by Gasteiger charge is 2.45. The van der Waals surface area contributed by atoms with Crippen LogP contribution in [0.4, 0.5) is 0 Å². The minimum absolute atomic E-state index is 0.0919. The molecule has 7 N–H and O–H groups in total. The Hall–Kier alpha value is -3.22. The van der Waals surface area contributed by atoms with E-state index in [2.05, 4.69) is 16.0 Å². The van der Waals surface area contributed by atoms with Crippen LogP contribution in [0.1, 0.15) is 38.8 Å². The number of phenolic OH excluding ortho intramolecular Hbond substituents is 1. The third-order valence-electron chi connectivity index (χ3n) is 6.59. The monoisotopic (exact) mass is 588 g/mol. The maximum atomic E-state index is 13.7. The molecule has 0 spiro atoms. The molecule has 12 heteroatoms.